The van der Waals surface area contributed by atoms with Gasteiger partial charge in [-0.2, -0.15) is 0 Å². The van der Waals surface area contributed by atoms with Crippen LogP contribution in [0.25, 0.3) is 5.76 Å². The number of cyclic esters (lactones) is 1. The van der Waals surface area contributed by atoms with Crippen molar-refractivity contribution < 1.29 is 14.3 Å². The molecular weight excluding hydrogens is 312 g/mol. The van der Waals surface area contributed by atoms with Crippen molar-refractivity contribution in [1.82, 2.24) is 0 Å². The third-order valence-electron chi connectivity index (χ3n) is 4.52. The van der Waals surface area contributed by atoms with Crippen molar-refractivity contribution in [3.05, 3.63) is 77.9 Å². The number of ether oxygens (including phenoxy) is 2. The van der Waals surface area contributed by atoms with E-state index in [9.17, 15) is 4.79 Å². The molecule has 25 heavy (non-hydrogen) atoms. The smallest absolute Gasteiger partial charge is 0.321 e. The van der Waals surface area contributed by atoms with Gasteiger partial charge in [0.25, 0.3) is 0 Å². The summed E-state index contributed by atoms with van der Waals surface area (Å²) in [5.41, 5.74) is -0.344. The van der Waals surface area contributed by atoms with Crippen LogP contribution < -0.4 is 0 Å². The van der Waals surface area contributed by atoms with Gasteiger partial charge in [0.15, 0.2) is 5.60 Å². The average molecular weight is 332 g/mol. The largest absolute Gasteiger partial charge is 0.426 e. The normalized spacial score (nSPS) is 21.6. The minimum Gasteiger partial charge on any atom is -0.426 e. The van der Waals surface area contributed by atoms with Gasteiger partial charge < -0.3 is 9.47 Å². The third-order valence-corrected chi connectivity index (χ3v) is 4.52. The fourth-order valence-corrected chi connectivity index (χ4v) is 2.76. The van der Waals surface area contributed by atoms with Crippen LogP contribution in [0.4, 0.5) is 0 Å². The van der Waals surface area contributed by atoms with Crippen LogP contribution >= 0.6 is 0 Å². The lowest BCUT2D eigenvalue weighted by molar-refractivity contribution is -0.159. The van der Waals surface area contributed by atoms with Crippen LogP contribution in [0.5, 0.6) is 0 Å². The summed E-state index contributed by atoms with van der Waals surface area (Å²) in [5.74, 6) is 6.40. The van der Waals surface area contributed by atoms with E-state index in [2.05, 4.69) is 11.8 Å². The molecule has 3 nitrogen and oxygen atoms in total. The summed E-state index contributed by atoms with van der Waals surface area (Å²) in [4.78, 5) is 12.7. The number of esters is 1. The maximum Gasteiger partial charge on any atom is 0.321 e. The Labute approximate surface area is 148 Å². The molecule has 2 aromatic carbocycles. The lowest BCUT2D eigenvalue weighted by atomic mass is 9.72. The molecule has 1 aliphatic rings. The molecule has 0 spiro atoms. The highest BCUT2D eigenvalue weighted by atomic mass is 16.6. The minimum atomic E-state index is -1.08. The van der Waals surface area contributed by atoms with Gasteiger partial charge >= 0.3 is 5.97 Å². The molecule has 0 fully saturated rings. The Kier molecular flexibility index (Phi) is 4.48. The van der Waals surface area contributed by atoms with Crippen LogP contribution in [-0.2, 0) is 14.3 Å². The highest BCUT2D eigenvalue weighted by molar-refractivity contribution is 5.88. The number of methoxy groups -OCH3 is 1. The molecule has 0 aliphatic carbocycles. The Balaban J connectivity index is 2.13. The quantitative estimate of drug-likeness (QED) is 0.615. The van der Waals surface area contributed by atoms with Crippen LogP contribution in [0.1, 0.15) is 25.0 Å². The molecule has 3 rings (SSSR count). The van der Waals surface area contributed by atoms with Gasteiger partial charge in [0, 0.05) is 24.3 Å². The predicted octanol–water partition coefficient (Wildman–Crippen LogP) is 4.05. The molecule has 1 atom stereocenters. The predicted molar refractivity (Wildman–Crippen MR) is 97.4 cm³/mol. The Morgan fingerprint density at radius 2 is 1.56 bits per heavy atom. The number of carbonyl (C=O) groups excluding carboxylic acids is 1. The van der Waals surface area contributed by atoms with Gasteiger partial charge in [-0.05, 0) is 26.0 Å². The van der Waals surface area contributed by atoms with E-state index in [-0.39, 0.29) is 5.97 Å². The average Bonchev–Trinajstić information content (AvgIpc) is 2.64. The summed E-state index contributed by atoms with van der Waals surface area (Å²) in [6.07, 6.45) is 1.81. The topological polar surface area (TPSA) is 35.5 Å². The zero-order chi connectivity index (χ0) is 17.9. The van der Waals surface area contributed by atoms with E-state index in [1.807, 2.05) is 60.7 Å². The van der Waals surface area contributed by atoms with Gasteiger partial charge in [-0.3, -0.25) is 4.79 Å². The van der Waals surface area contributed by atoms with Gasteiger partial charge in [-0.25, -0.2) is 0 Å². The van der Waals surface area contributed by atoms with Crippen LogP contribution in [0.2, 0.25) is 0 Å². The second kappa shape index (κ2) is 6.58. The first-order valence-electron chi connectivity index (χ1n) is 8.12. The molecule has 1 aliphatic heterocycles. The maximum absolute atomic E-state index is 12.7. The Morgan fingerprint density at radius 1 is 0.960 bits per heavy atom. The number of carbonyl (C=O) groups is 1. The molecule has 0 saturated heterocycles. The summed E-state index contributed by atoms with van der Waals surface area (Å²) in [6.45, 7) is 3.58. The van der Waals surface area contributed by atoms with Gasteiger partial charge in [0.2, 0.25) is 0 Å². The molecule has 0 radical (unpaired) electrons. The number of benzene rings is 2. The summed E-state index contributed by atoms with van der Waals surface area (Å²) < 4.78 is 11.4. The van der Waals surface area contributed by atoms with Crippen molar-refractivity contribution in [3.8, 4) is 11.8 Å². The Bertz CT molecular complexity index is 854. The van der Waals surface area contributed by atoms with Crippen molar-refractivity contribution in [3.63, 3.8) is 0 Å². The lowest BCUT2D eigenvalue weighted by Crippen LogP contribution is -2.52. The van der Waals surface area contributed by atoms with Gasteiger partial charge in [-0.1, -0.05) is 60.4 Å². The molecule has 2 aromatic rings. The van der Waals surface area contributed by atoms with Gasteiger partial charge in [0.05, 0.1) is 0 Å². The van der Waals surface area contributed by atoms with E-state index < -0.39 is 11.0 Å². The zero-order valence-electron chi connectivity index (χ0n) is 14.6. The highest BCUT2D eigenvalue weighted by Crippen LogP contribution is 2.43. The Hall–Kier alpha value is -2.83. The Morgan fingerprint density at radius 3 is 2.16 bits per heavy atom. The van der Waals surface area contributed by atoms with E-state index in [0.717, 1.165) is 11.1 Å². The minimum absolute atomic E-state index is 0.363. The second-order valence-corrected chi connectivity index (χ2v) is 6.44. The van der Waals surface area contributed by atoms with Gasteiger partial charge in [0.1, 0.15) is 11.2 Å². The van der Waals surface area contributed by atoms with E-state index in [1.54, 1.807) is 27.0 Å². The summed E-state index contributed by atoms with van der Waals surface area (Å²) in [6, 6.07) is 19.1. The molecule has 0 N–H and O–H groups in total. The first-order valence-corrected chi connectivity index (χ1v) is 8.12. The van der Waals surface area contributed by atoms with E-state index in [4.69, 9.17) is 9.47 Å². The zero-order valence-corrected chi connectivity index (χ0v) is 14.6. The molecule has 0 saturated carbocycles. The van der Waals surface area contributed by atoms with Crippen molar-refractivity contribution in [1.29, 1.82) is 0 Å². The maximum atomic E-state index is 12.7. The molecule has 0 amide bonds. The summed E-state index contributed by atoms with van der Waals surface area (Å²) in [7, 11) is 1.57. The summed E-state index contributed by atoms with van der Waals surface area (Å²) in [5, 5.41) is 0. The highest BCUT2D eigenvalue weighted by Gasteiger charge is 2.53. The number of hydrogen-bond donors (Lipinski definition) is 0. The van der Waals surface area contributed by atoms with E-state index in [0.29, 0.717) is 5.76 Å². The monoisotopic (exact) mass is 332 g/mol. The van der Waals surface area contributed by atoms with Crippen molar-refractivity contribution >= 4 is 11.7 Å². The molecule has 0 bridgehead atoms. The van der Waals surface area contributed by atoms with Crippen LogP contribution in [0.15, 0.2) is 66.7 Å². The first kappa shape index (κ1) is 17.0. The van der Waals surface area contributed by atoms with E-state index in [1.165, 1.54) is 0 Å². The SMILES string of the molecule is COC1(C#Cc2ccccc2)C=C(c2ccccc2)OC(=O)C1(C)C. The molecule has 1 heterocycles. The molecule has 126 valence electrons. The standard InChI is InChI=1S/C22H20O3/c1-21(2)20(23)25-19(18-12-8-5-9-13-18)16-22(21,24-3)15-14-17-10-6-4-7-11-17/h4-13,16H,1-3H3. The van der Waals surface area contributed by atoms with Gasteiger partial charge in [-0.15, -0.1) is 0 Å². The first-order chi connectivity index (χ1) is 12.0. The lowest BCUT2D eigenvalue weighted by Gasteiger charge is -2.41. The van der Waals surface area contributed by atoms with Crippen molar-refractivity contribution in [2.45, 2.75) is 19.4 Å². The van der Waals surface area contributed by atoms with E-state index >= 15 is 0 Å². The van der Waals surface area contributed by atoms with Crippen molar-refractivity contribution in [2.75, 3.05) is 7.11 Å². The number of hydrogen-bond acceptors (Lipinski definition) is 3. The third kappa shape index (κ3) is 3.09. The molecule has 3 heteroatoms. The second-order valence-electron chi connectivity index (χ2n) is 6.44. The fraction of sp³-hybridized carbons (Fsp3) is 0.227. The van der Waals surface area contributed by atoms with Crippen molar-refractivity contribution in [2.24, 2.45) is 5.41 Å². The van der Waals surface area contributed by atoms with Crippen LogP contribution in [0, 0.1) is 17.3 Å². The van der Waals surface area contributed by atoms with Crippen LogP contribution in [-0.4, -0.2) is 18.7 Å². The fourth-order valence-electron chi connectivity index (χ4n) is 2.76. The molecule has 0 aromatic heterocycles. The van der Waals surface area contributed by atoms with Crippen LogP contribution in [0.3, 0.4) is 0 Å². The molecular formula is C22H20O3. The number of rotatable bonds is 2. The molecule has 1 unspecified atom stereocenters. The summed E-state index contributed by atoms with van der Waals surface area (Å²) >= 11 is 0.